The number of aliphatic hydroxyl groups is 1. The molecule has 2 aromatic carbocycles. The van der Waals surface area contributed by atoms with Crippen molar-refractivity contribution in [3.8, 4) is 5.75 Å². The Labute approximate surface area is 210 Å². The summed E-state index contributed by atoms with van der Waals surface area (Å²) in [6, 6.07) is 4.48. The van der Waals surface area contributed by atoms with E-state index in [0.717, 1.165) is 18.2 Å². The number of ether oxygens (including phenoxy) is 2. The topological polar surface area (TPSA) is 100 Å². The smallest absolute Gasteiger partial charge is 0.407 e. The Hall–Kier alpha value is -3.18. The van der Waals surface area contributed by atoms with Gasteiger partial charge in [0.25, 0.3) is 0 Å². The molecule has 2 amide bonds. The van der Waals surface area contributed by atoms with Crippen LogP contribution < -0.4 is 20.3 Å². The van der Waals surface area contributed by atoms with E-state index >= 15 is 0 Å². The second-order valence-corrected chi connectivity index (χ2v) is 9.11. The van der Waals surface area contributed by atoms with Crippen molar-refractivity contribution in [3.63, 3.8) is 0 Å². The van der Waals surface area contributed by atoms with Crippen molar-refractivity contribution >= 4 is 35.0 Å². The molecule has 2 heterocycles. The van der Waals surface area contributed by atoms with Crippen LogP contribution in [0.2, 0.25) is 5.02 Å². The number of fused-ring (bicyclic) bond motifs is 1. The van der Waals surface area contributed by atoms with E-state index in [4.69, 9.17) is 21.1 Å². The highest BCUT2D eigenvalue weighted by molar-refractivity contribution is 6.30. The summed E-state index contributed by atoms with van der Waals surface area (Å²) in [6.45, 7) is 1.37. The lowest BCUT2D eigenvalue weighted by Crippen LogP contribution is -2.60. The van der Waals surface area contributed by atoms with Crippen molar-refractivity contribution in [3.05, 3.63) is 52.3 Å². The summed E-state index contributed by atoms with van der Waals surface area (Å²) >= 11 is 5.73. The molecular weight excluding hydrogens is 503 g/mol. The minimum absolute atomic E-state index is 0.0160. The van der Waals surface area contributed by atoms with Gasteiger partial charge < -0.3 is 30.1 Å². The number of carbonyl (C=O) groups excluding carboxylic acids is 2. The molecule has 0 spiro atoms. The van der Waals surface area contributed by atoms with Crippen LogP contribution in [0.4, 0.5) is 29.3 Å². The Morgan fingerprint density at radius 2 is 1.97 bits per heavy atom. The second-order valence-electron chi connectivity index (χ2n) is 8.68. The highest BCUT2D eigenvalue weighted by atomic mass is 35.5. The number of nitrogens with one attached hydrogen (secondary N) is 2. The van der Waals surface area contributed by atoms with E-state index < -0.39 is 35.2 Å². The van der Waals surface area contributed by atoms with Gasteiger partial charge in [-0.15, -0.1) is 0 Å². The van der Waals surface area contributed by atoms with Crippen LogP contribution in [0.25, 0.3) is 0 Å². The largest absolute Gasteiger partial charge is 0.490 e. The minimum Gasteiger partial charge on any atom is -0.490 e. The molecule has 0 aliphatic carbocycles. The molecule has 2 aliphatic heterocycles. The van der Waals surface area contributed by atoms with Crippen LogP contribution in [0.5, 0.6) is 5.75 Å². The number of benzene rings is 2. The maximum Gasteiger partial charge on any atom is 0.407 e. The minimum atomic E-state index is -1.74. The molecular formula is C24H25ClF3N3O5. The van der Waals surface area contributed by atoms with Crippen LogP contribution in [0.1, 0.15) is 25.3 Å². The predicted octanol–water partition coefficient (Wildman–Crippen LogP) is 3.78. The van der Waals surface area contributed by atoms with Crippen molar-refractivity contribution < 1.29 is 37.3 Å². The standard InChI is InChI=1S/C24H25ClF3N3O5/c1-2-29-23(33)36-19-11-31(22-16(27)9-13(25)10-17(22)28)8-7-24(19,34)12-35-18-5-4-15(26)21-14(18)3-6-20(32)30-21/h4-5,9-10,19,34H,2-3,6-8,11-12H2,1H3,(H,29,33)(H,30,32). The lowest BCUT2D eigenvalue weighted by molar-refractivity contribution is -0.116. The number of carbonyl (C=O) groups is 2. The van der Waals surface area contributed by atoms with Gasteiger partial charge in [0.1, 0.15) is 29.5 Å². The number of alkyl carbamates (subject to hydrolysis) is 1. The van der Waals surface area contributed by atoms with Gasteiger partial charge in [0, 0.05) is 36.5 Å². The second kappa shape index (κ2) is 10.4. The van der Waals surface area contributed by atoms with Crippen LogP contribution in [-0.4, -0.2) is 55.1 Å². The van der Waals surface area contributed by atoms with Gasteiger partial charge in [-0.3, -0.25) is 4.79 Å². The number of amides is 2. The van der Waals surface area contributed by atoms with Gasteiger partial charge in [-0.2, -0.15) is 0 Å². The first-order valence-electron chi connectivity index (χ1n) is 11.4. The summed E-state index contributed by atoms with van der Waals surface area (Å²) in [6.07, 6.45) is -1.73. The van der Waals surface area contributed by atoms with Gasteiger partial charge in [-0.25, -0.2) is 18.0 Å². The molecule has 0 saturated carbocycles. The first kappa shape index (κ1) is 25.9. The fraction of sp³-hybridized carbons (Fsp3) is 0.417. The number of hydrogen-bond acceptors (Lipinski definition) is 6. The third-order valence-corrected chi connectivity index (χ3v) is 6.45. The quantitative estimate of drug-likeness (QED) is 0.529. The zero-order chi connectivity index (χ0) is 26.0. The molecule has 0 radical (unpaired) electrons. The van der Waals surface area contributed by atoms with Gasteiger partial charge in [0.15, 0.2) is 17.7 Å². The molecule has 194 valence electrons. The van der Waals surface area contributed by atoms with E-state index in [1.807, 2.05) is 0 Å². The molecule has 12 heteroatoms. The van der Waals surface area contributed by atoms with Crippen molar-refractivity contribution in [2.24, 2.45) is 0 Å². The summed E-state index contributed by atoms with van der Waals surface area (Å²) in [5.74, 6) is -2.45. The summed E-state index contributed by atoms with van der Waals surface area (Å²) in [4.78, 5) is 25.2. The average molecular weight is 528 g/mol. The Bertz CT molecular complexity index is 1160. The number of nitrogens with zero attached hydrogens (tertiary/aromatic N) is 1. The number of piperidine rings is 1. The fourth-order valence-electron chi connectivity index (χ4n) is 4.38. The van der Waals surface area contributed by atoms with Gasteiger partial charge in [0.05, 0.1) is 12.2 Å². The zero-order valence-corrected chi connectivity index (χ0v) is 20.1. The van der Waals surface area contributed by atoms with Crippen molar-refractivity contribution in [1.29, 1.82) is 0 Å². The van der Waals surface area contributed by atoms with Crippen molar-refractivity contribution in [2.75, 3.05) is 36.5 Å². The van der Waals surface area contributed by atoms with Crippen molar-refractivity contribution in [1.82, 2.24) is 5.32 Å². The molecule has 4 rings (SSSR count). The fourth-order valence-corrected chi connectivity index (χ4v) is 4.57. The van der Waals surface area contributed by atoms with Crippen LogP contribution in [-0.2, 0) is 16.0 Å². The highest BCUT2D eigenvalue weighted by Gasteiger charge is 2.46. The predicted molar refractivity (Wildman–Crippen MR) is 126 cm³/mol. The molecule has 0 bridgehead atoms. The first-order valence-corrected chi connectivity index (χ1v) is 11.8. The van der Waals surface area contributed by atoms with E-state index in [-0.39, 0.29) is 73.6 Å². The molecule has 1 saturated heterocycles. The Morgan fingerprint density at radius 1 is 1.25 bits per heavy atom. The number of halogens is 4. The SMILES string of the molecule is CCNC(=O)OC1CN(c2c(F)cc(Cl)cc2F)CCC1(O)COc1ccc(F)c2c1CCC(=O)N2. The summed E-state index contributed by atoms with van der Waals surface area (Å²) in [5.41, 5.74) is -1.62. The van der Waals surface area contributed by atoms with Crippen LogP contribution >= 0.6 is 11.6 Å². The summed E-state index contributed by atoms with van der Waals surface area (Å²) in [7, 11) is 0. The van der Waals surface area contributed by atoms with Crippen molar-refractivity contribution in [2.45, 2.75) is 37.9 Å². The summed E-state index contributed by atoms with van der Waals surface area (Å²) in [5, 5.41) is 16.3. The van der Waals surface area contributed by atoms with Crippen LogP contribution in [0, 0.1) is 17.5 Å². The maximum absolute atomic E-state index is 14.6. The van der Waals surface area contributed by atoms with E-state index in [1.165, 1.54) is 11.0 Å². The van der Waals surface area contributed by atoms with Gasteiger partial charge >= 0.3 is 6.09 Å². The molecule has 8 nitrogen and oxygen atoms in total. The van der Waals surface area contributed by atoms with E-state index in [1.54, 1.807) is 6.92 Å². The van der Waals surface area contributed by atoms with E-state index in [9.17, 15) is 27.9 Å². The lowest BCUT2D eigenvalue weighted by atomic mass is 9.88. The number of hydrogen-bond donors (Lipinski definition) is 3. The molecule has 2 aliphatic rings. The molecule has 3 N–H and O–H groups in total. The third-order valence-electron chi connectivity index (χ3n) is 6.23. The highest BCUT2D eigenvalue weighted by Crippen LogP contribution is 2.36. The molecule has 0 aromatic heterocycles. The van der Waals surface area contributed by atoms with Crippen LogP contribution in [0.15, 0.2) is 24.3 Å². The Balaban J connectivity index is 1.57. The monoisotopic (exact) mass is 527 g/mol. The van der Waals surface area contributed by atoms with E-state index in [0.29, 0.717) is 5.56 Å². The molecule has 36 heavy (non-hydrogen) atoms. The molecule has 1 fully saturated rings. The zero-order valence-electron chi connectivity index (χ0n) is 19.4. The molecule has 2 atom stereocenters. The Kier molecular flexibility index (Phi) is 7.51. The Morgan fingerprint density at radius 3 is 2.67 bits per heavy atom. The molecule has 2 aromatic rings. The normalized spacial score (nSPS) is 21.4. The summed E-state index contributed by atoms with van der Waals surface area (Å²) < 4.78 is 54.6. The molecule has 2 unspecified atom stereocenters. The van der Waals surface area contributed by atoms with Crippen LogP contribution in [0.3, 0.4) is 0 Å². The number of anilines is 2. The maximum atomic E-state index is 14.6. The third kappa shape index (κ3) is 5.31. The number of rotatable bonds is 6. The lowest BCUT2D eigenvalue weighted by Gasteiger charge is -2.44. The van der Waals surface area contributed by atoms with Gasteiger partial charge in [0.2, 0.25) is 5.91 Å². The average Bonchev–Trinajstić information content (AvgIpc) is 2.81. The first-order chi connectivity index (χ1) is 17.1. The van der Waals surface area contributed by atoms with E-state index in [2.05, 4.69) is 10.6 Å². The van der Waals surface area contributed by atoms with Gasteiger partial charge in [-0.05, 0) is 37.6 Å². The van der Waals surface area contributed by atoms with Gasteiger partial charge in [-0.1, -0.05) is 11.6 Å².